The molecule has 0 aliphatic carbocycles. The lowest BCUT2D eigenvalue weighted by atomic mass is 10.1. The first-order chi connectivity index (χ1) is 11.5. The highest BCUT2D eigenvalue weighted by Crippen LogP contribution is 2.35. The first-order valence-electron chi connectivity index (χ1n) is 7.50. The number of nitrogens with zero attached hydrogens (tertiary/aromatic N) is 3. The van der Waals surface area contributed by atoms with E-state index in [-0.39, 0.29) is 5.91 Å². The van der Waals surface area contributed by atoms with E-state index in [2.05, 4.69) is 20.5 Å². The molecule has 0 fully saturated rings. The molecule has 6 nitrogen and oxygen atoms in total. The number of thiophene rings is 1. The van der Waals surface area contributed by atoms with Gasteiger partial charge in [-0.05, 0) is 42.7 Å². The van der Waals surface area contributed by atoms with Crippen molar-refractivity contribution < 1.29 is 4.79 Å². The van der Waals surface area contributed by atoms with E-state index in [0.717, 1.165) is 33.5 Å². The van der Waals surface area contributed by atoms with Gasteiger partial charge in [-0.1, -0.05) is 6.07 Å². The lowest BCUT2D eigenvalue weighted by molar-refractivity contribution is 0.103. The molecule has 0 atom stereocenters. The van der Waals surface area contributed by atoms with Crippen molar-refractivity contribution in [2.75, 3.05) is 11.1 Å². The number of aryl methyl sites for hydroxylation is 2. The zero-order chi connectivity index (χ0) is 16.8. The van der Waals surface area contributed by atoms with E-state index in [9.17, 15) is 4.79 Å². The van der Waals surface area contributed by atoms with Gasteiger partial charge < -0.3 is 11.1 Å². The molecule has 3 N–H and O–H groups in total. The van der Waals surface area contributed by atoms with Gasteiger partial charge in [0.1, 0.15) is 9.71 Å². The van der Waals surface area contributed by atoms with Gasteiger partial charge >= 0.3 is 0 Å². The van der Waals surface area contributed by atoms with Gasteiger partial charge in [0.05, 0.1) is 17.9 Å². The van der Waals surface area contributed by atoms with Crippen molar-refractivity contribution in [3.63, 3.8) is 0 Å². The summed E-state index contributed by atoms with van der Waals surface area (Å²) in [6.45, 7) is 4.47. The molecule has 24 heavy (non-hydrogen) atoms. The number of benzene rings is 1. The van der Waals surface area contributed by atoms with Crippen LogP contribution in [0.5, 0.6) is 0 Å². The molecule has 1 aliphatic rings. The number of nitrogens with two attached hydrogens (primary N) is 1. The first-order valence-corrected chi connectivity index (χ1v) is 8.32. The lowest BCUT2D eigenvalue weighted by Crippen LogP contribution is -2.12. The maximum atomic E-state index is 12.6. The molecule has 0 spiro atoms. The van der Waals surface area contributed by atoms with Crippen molar-refractivity contribution in [1.29, 1.82) is 0 Å². The molecule has 1 aromatic carbocycles. The Bertz CT molecular complexity index is 1020. The fourth-order valence-corrected chi connectivity index (χ4v) is 3.78. The SMILES string of the molecule is Cc1nnc2sc(C(=O)Nc3ccc4c(c3)CN=C4)c(N)c2c1C. The molecule has 1 amide bonds. The fourth-order valence-electron chi connectivity index (χ4n) is 2.79. The van der Waals surface area contributed by atoms with Crippen LogP contribution in [0, 0.1) is 13.8 Å². The predicted molar refractivity (Wildman–Crippen MR) is 97.0 cm³/mol. The van der Waals surface area contributed by atoms with Gasteiger partial charge in [-0.3, -0.25) is 9.79 Å². The number of rotatable bonds is 2. The molecule has 0 bridgehead atoms. The predicted octanol–water partition coefficient (Wildman–Crippen LogP) is 3.08. The van der Waals surface area contributed by atoms with E-state index in [1.165, 1.54) is 11.3 Å². The number of aliphatic imine (C=N–C) groups is 1. The number of aromatic nitrogens is 2. The Morgan fingerprint density at radius 3 is 2.96 bits per heavy atom. The number of nitrogens with one attached hydrogen (secondary N) is 1. The van der Waals surface area contributed by atoms with Crippen molar-refractivity contribution in [2.45, 2.75) is 20.4 Å². The number of amides is 1. The van der Waals surface area contributed by atoms with Crippen LogP contribution in [0.4, 0.5) is 11.4 Å². The number of hydrogen-bond donors (Lipinski definition) is 2. The van der Waals surface area contributed by atoms with E-state index < -0.39 is 0 Å². The van der Waals surface area contributed by atoms with E-state index in [0.29, 0.717) is 21.9 Å². The Labute approximate surface area is 142 Å². The second-order valence-electron chi connectivity index (χ2n) is 5.77. The summed E-state index contributed by atoms with van der Waals surface area (Å²) in [5.41, 5.74) is 11.4. The summed E-state index contributed by atoms with van der Waals surface area (Å²) in [7, 11) is 0. The summed E-state index contributed by atoms with van der Waals surface area (Å²) in [4.78, 5) is 18.0. The van der Waals surface area contributed by atoms with Crippen molar-refractivity contribution in [2.24, 2.45) is 4.99 Å². The number of fused-ring (bicyclic) bond motifs is 2. The van der Waals surface area contributed by atoms with Gasteiger partial charge in [-0.15, -0.1) is 16.4 Å². The fraction of sp³-hybridized carbons (Fsp3) is 0.176. The molecule has 1 aliphatic heterocycles. The van der Waals surface area contributed by atoms with Crippen molar-refractivity contribution in [3.05, 3.63) is 45.5 Å². The van der Waals surface area contributed by atoms with Gasteiger partial charge in [-0.25, -0.2) is 0 Å². The third-order valence-corrected chi connectivity index (χ3v) is 5.32. The summed E-state index contributed by atoms with van der Waals surface area (Å²) in [6.07, 6.45) is 1.84. The van der Waals surface area contributed by atoms with Crippen LogP contribution >= 0.6 is 11.3 Å². The van der Waals surface area contributed by atoms with Crippen molar-refractivity contribution in [3.8, 4) is 0 Å². The molecule has 7 heteroatoms. The minimum absolute atomic E-state index is 0.230. The van der Waals surface area contributed by atoms with E-state index in [4.69, 9.17) is 5.73 Å². The van der Waals surface area contributed by atoms with Crippen LogP contribution in [-0.4, -0.2) is 22.3 Å². The van der Waals surface area contributed by atoms with Gasteiger partial charge in [0.2, 0.25) is 0 Å². The van der Waals surface area contributed by atoms with Crippen LogP contribution < -0.4 is 11.1 Å². The topological polar surface area (TPSA) is 93.3 Å². The minimum Gasteiger partial charge on any atom is -0.397 e. The molecule has 0 saturated carbocycles. The average Bonchev–Trinajstić information content (AvgIpc) is 3.15. The van der Waals surface area contributed by atoms with Crippen LogP contribution in [0.1, 0.15) is 32.1 Å². The highest BCUT2D eigenvalue weighted by molar-refractivity contribution is 7.21. The maximum absolute atomic E-state index is 12.6. The molecule has 2 aromatic heterocycles. The summed E-state index contributed by atoms with van der Waals surface area (Å²) in [5.74, 6) is -0.230. The number of hydrogen-bond acceptors (Lipinski definition) is 6. The number of anilines is 2. The summed E-state index contributed by atoms with van der Waals surface area (Å²) in [6, 6.07) is 5.76. The molecule has 120 valence electrons. The highest BCUT2D eigenvalue weighted by Gasteiger charge is 2.20. The zero-order valence-corrected chi connectivity index (χ0v) is 14.1. The van der Waals surface area contributed by atoms with Gasteiger partial charge in [0, 0.05) is 17.3 Å². The van der Waals surface area contributed by atoms with Crippen molar-refractivity contribution in [1.82, 2.24) is 10.2 Å². The normalized spacial score (nSPS) is 12.6. The second kappa shape index (κ2) is 5.38. The molecular weight excluding hydrogens is 322 g/mol. The molecule has 3 aromatic rings. The molecule has 0 radical (unpaired) electrons. The smallest absolute Gasteiger partial charge is 0.267 e. The Hall–Kier alpha value is -2.80. The van der Waals surface area contributed by atoms with Gasteiger partial charge in [-0.2, -0.15) is 5.10 Å². The third kappa shape index (κ3) is 2.25. The Morgan fingerprint density at radius 2 is 2.12 bits per heavy atom. The number of carbonyl (C=O) groups is 1. The molecule has 0 saturated heterocycles. The lowest BCUT2D eigenvalue weighted by Gasteiger charge is -2.06. The van der Waals surface area contributed by atoms with E-state index in [1.807, 2.05) is 38.3 Å². The summed E-state index contributed by atoms with van der Waals surface area (Å²) < 4.78 is 0. The standard InChI is InChI=1S/C17H15N5OS/c1-8-9(2)21-22-17-13(8)14(18)15(24-17)16(23)20-12-4-3-10-6-19-7-11(10)5-12/h3-6H,7,18H2,1-2H3,(H,20,23). The molecule has 3 heterocycles. The summed E-state index contributed by atoms with van der Waals surface area (Å²) >= 11 is 1.26. The first kappa shape index (κ1) is 14.8. The quantitative estimate of drug-likeness (QED) is 0.751. The van der Waals surface area contributed by atoms with Crippen LogP contribution in [-0.2, 0) is 6.54 Å². The van der Waals surface area contributed by atoms with Gasteiger partial charge in [0.15, 0.2) is 0 Å². The molecular formula is C17H15N5OS. The Balaban J connectivity index is 1.69. The van der Waals surface area contributed by atoms with Gasteiger partial charge in [0.25, 0.3) is 5.91 Å². The zero-order valence-electron chi connectivity index (χ0n) is 13.3. The minimum atomic E-state index is -0.230. The van der Waals surface area contributed by atoms with Crippen LogP contribution in [0.25, 0.3) is 10.2 Å². The van der Waals surface area contributed by atoms with Crippen LogP contribution in [0.15, 0.2) is 23.2 Å². The van der Waals surface area contributed by atoms with Crippen molar-refractivity contribution >= 4 is 45.0 Å². The highest BCUT2D eigenvalue weighted by atomic mass is 32.1. The third-order valence-electron chi connectivity index (χ3n) is 4.23. The maximum Gasteiger partial charge on any atom is 0.267 e. The number of nitrogen functional groups attached to an aromatic ring is 1. The van der Waals surface area contributed by atoms with E-state index >= 15 is 0 Å². The van der Waals surface area contributed by atoms with E-state index in [1.54, 1.807) is 0 Å². The average molecular weight is 337 g/mol. The van der Waals surface area contributed by atoms with Crippen LogP contribution in [0.3, 0.4) is 0 Å². The van der Waals surface area contributed by atoms with Crippen LogP contribution in [0.2, 0.25) is 0 Å². The summed E-state index contributed by atoms with van der Waals surface area (Å²) in [5, 5.41) is 12.0. The number of carbonyl (C=O) groups excluding carboxylic acids is 1. The monoisotopic (exact) mass is 337 g/mol. The Morgan fingerprint density at radius 1 is 1.29 bits per heavy atom. The largest absolute Gasteiger partial charge is 0.397 e. The molecule has 4 rings (SSSR count). The molecule has 0 unspecified atom stereocenters. The Kier molecular flexibility index (Phi) is 3.31. The second-order valence-corrected chi connectivity index (χ2v) is 6.77.